The Hall–Kier alpha value is -4.61. The molecule has 3 atom stereocenters. The standard InChI is InChI=1S/C29H32N10O2/c1-16-6-7-30-26(33-16)20-11-21(20)28(40)36-25-12-24(31-15-32-25)34-17(2)22-14-38-13-19(18-4-5-18)10-23(27(38)35-22)39-9-8-37(3)29(39)41/h6-7,10,12-15,17-18,20-21H,4-5,8-9,11H2,1-3H3,(H2,31,32,34,36,40)/t17-,20?,21?/m1/s1. The minimum atomic E-state index is -0.186. The van der Waals surface area contributed by atoms with Crippen LogP contribution in [-0.2, 0) is 4.79 Å². The minimum absolute atomic E-state index is 0.00457. The SMILES string of the molecule is Cc1ccnc(C2CC2C(=O)Nc2cc(N[C@H](C)c3cn4cc(C5CC5)cc(N5CCN(C)C5=O)c4n3)ncn2)n1. The van der Waals surface area contributed by atoms with Crippen molar-refractivity contribution in [3.05, 3.63) is 65.9 Å². The average Bonchev–Trinajstić information content (AvgIpc) is 3.88. The Bertz CT molecular complexity index is 1660. The van der Waals surface area contributed by atoms with Crippen LogP contribution in [0.1, 0.15) is 66.8 Å². The maximum Gasteiger partial charge on any atom is 0.324 e. The van der Waals surface area contributed by atoms with Crippen molar-refractivity contribution in [1.82, 2.24) is 34.2 Å². The second-order valence-electron chi connectivity index (χ2n) is 11.3. The normalized spacial score (nSPS) is 20.9. The van der Waals surface area contributed by atoms with E-state index in [-0.39, 0.29) is 29.8 Å². The molecule has 2 unspecified atom stereocenters. The summed E-state index contributed by atoms with van der Waals surface area (Å²) in [5.41, 5.74) is 4.56. The molecule has 1 aliphatic heterocycles. The van der Waals surface area contributed by atoms with Crippen LogP contribution < -0.4 is 15.5 Å². The average molecular weight is 553 g/mol. The van der Waals surface area contributed by atoms with Gasteiger partial charge >= 0.3 is 6.03 Å². The molecule has 2 N–H and O–H groups in total. The Morgan fingerprint density at radius 2 is 1.90 bits per heavy atom. The second kappa shape index (κ2) is 9.79. The van der Waals surface area contributed by atoms with Crippen molar-refractivity contribution in [2.45, 2.75) is 51.0 Å². The fraction of sp³-hybridized carbons (Fsp3) is 0.414. The fourth-order valence-electron chi connectivity index (χ4n) is 5.48. The molecule has 4 aromatic rings. The third kappa shape index (κ3) is 4.94. The number of amides is 3. The molecule has 3 amide bonds. The summed E-state index contributed by atoms with van der Waals surface area (Å²) in [5.74, 6) is 2.02. The van der Waals surface area contributed by atoms with Crippen LogP contribution in [0.25, 0.3) is 5.65 Å². The lowest BCUT2D eigenvalue weighted by molar-refractivity contribution is -0.117. The number of anilines is 3. The molecule has 0 radical (unpaired) electrons. The highest BCUT2D eigenvalue weighted by Crippen LogP contribution is 2.46. The first kappa shape index (κ1) is 25.4. The first-order valence-corrected chi connectivity index (χ1v) is 14.1. The van der Waals surface area contributed by atoms with Crippen molar-refractivity contribution in [2.24, 2.45) is 5.92 Å². The predicted molar refractivity (Wildman–Crippen MR) is 153 cm³/mol. The molecule has 12 heteroatoms. The molecule has 1 saturated heterocycles. The van der Waals surface area contributed by atoms with Crippen LogP contribution in [0.4, 0.5) is 22.1 Å². The van der Waals surface area contributed by atoms with E-state index in [1.54, 1.807) is 17.2 Å². The maximum atomic E-state index is 12.9. The molecule has 5 heterocycles. The molecular formula is C29H32N10O2. The number of carbonyl (C=O) groups excluding carboxylic acids is 2. The number of nitrogens with zero attached hydrogens (tertiary/aromatic N) is 8. The van der Waals surface area contributed by atoms with Gasteiger partial charge in [-0.25, -0.2) is 29.7 Å². The van der Waals surface area contributed by atoms with Crippen LogP contribution in [0.15, 0.2) is 43.1 Å². The summed E-state index contributed by atoms with van der Waals surface area (Å²) in [5, 5.41) is 6.30. The van der Waals surface area contributed by atoms with E-state index >= 15 is 0 Å². The number of aromatic nitrogens is 6. The Morgan fingerprint density at radius 3 is 2.66 bits per heavy atom. The van der Waals surface area contributed by atoms with E-state index in [9.17, 15) is 9.59 Å². The number of rotatable bonds is 8. The molecule has 2 aliphatic carbocycles. The largest absolute Gasteiger partial charge is 0.362 e. The zero-order chi connectivity index (χ0) is 28.2. The van der Waals surface area contributed by atoms with Gasteiger partial charge in [-0.3, -0.25) is 9.69 Å². The molecular weight excluding hydrogens is 520 g/mol. The molecule has 7 rings (SSSR count). The zero-order valence-electron chi connectivity index (χ0n) is 23.3. The van der Waals surface area contributed by atoms with Gasteiger partial charge in [0.2, 0.25) is 5.91 Å². The summed E-state index contributed by atoms with van der Waals surface area (Å²) in [6.45, 7) is 5.26. The summed E-state index contributed by atoms with van der Waals surface area (Å²) >= 11 is 0. The molecule has 0 bridgehead atoms. The van der Waals surface area contributed by atoms with Gasteiger partial charge in [0.25, 0.3) is 0 Å². The highest BCUT2D eigenvalue weighted by Gasteiger charge is 2.46. The highest BCUT2D eigenvalue weighted by atomic mass is 16.2. The quantitative estimate of drug-likeness (QED) is 0.336. The summed E-state index contributed by atoms with van der Waals surface area (Å²) < 4.78 is 2.04. The molecule has 3 fully saturated rings. The molecule has 2 saturated carbocycles. The van der Waals surface area contributed by atoms with Gasteiger partial charge in [0, 0.05) is 62.3 Å². The number of likely N-dealkylation sites (N-methyl/N-ethyl adjacent to an activating group) is 1. The number of hydrogen-bond donors (Lipinski definition) is 2. The van der Waals surface area contributed by atoms with Gasteiger partial charge in [0.05, 0.1) is 17.4 Å². The molecule has 210 valence electrons. The lowest BCUT2D eigenvalue weighted by Gasteiger charge is -2.18. The number of fused-ring (bicyclic) bond motifs is 1. The lowest BCUT2D eigenvalue weighted by atomic mass is 10.1. The minimum Gasteiger partial charge on any atom is -0.362 e. The van der Waals surface area contributed by atoms with Crippen LogP contribution in [-0.4, -0.2) is 66.3 Å². The van der Waals surface area contributed by atoms with Gasteiger partial charge in [-0.05, 0) is 56.7 Å². The van der Waals surface area contributed by atoms with Crippen molar-refractivity contribution in [2.75, 3.05) is 35.7 Å². The van der Waals surface area contributed by atoms with Gasteiger partial charge in [0.1, 0.15) is 23.8 Å². The smallest absolute Gasteiger partial charge is 0.324 e. The number of nitrogens with one attached hydrogen (secondary N) is 2. The summed E-state index contributed by atoms with van der Waals surface area (Å²) in [6, 6.07) is 5.51. The van der Waals surface area contributed by atoms with Crippen LogP contribution in [0, 0.1) is 12.8 Å². The topological polar surface area (TPSA) is 134 Å². The van der Waals surface area contributed by atoms with Crippen molar-refractivity contribution in [3.8, 4) is 0 Å². The lowest BCUT2D eigenvalue weighted by Crippen LogP contribution is -2.29. The van der Waals surface area contributed by atoms with E-state index in [0.717, 1.165) is 29.1 Å². The van der Waals surface area contributed by atoms with E-state index < -0.39 is 0 Å². The van der Waals surface area contributed by atoms with E-state index in [1.807, 2.05) is 42.5 Å². The van der Waals surface area contributed by atoms with Gasteiger partial charge in [0.15, 0.2) is 5.65 Å². The van der Waals surface area contributed by atoms with Gasteiger partial charge < -0.3 is 19.9 Å². The number of aryl methyl sites for hydroxylation is 1. The molecule has 4 aromatic heterocycles. The van der Waals surface area contributed by atoms with E-state index in [4.69, 9.17) is 4.98 Å². The van der Waals surface area contributed by atoms with Crippen LogP contribution in [0.2, 0.25) is 0 Å². The molecule has 3 aliphatic rings. The Labute approximate surface area is 237 Å². The van der Waals surface area contributed by atoms with Crippen molar-refractivity contribution in [3.63, 3.8) is 0 Å². The number of urea groups is 1. The summed E-state index contributed by atoms with van der Waals surface area (Å²) in [4.78, 5) is 51.6. The molecule has 41 heavy (non-hydrogen) atoms. The van der Waals surface area contributed by atoms with Gasteiger partial charge in [-0.1, -0.05) is 0 Å². The third-order valence-electron chi connectivity index (χ3n) is 8.13. The Balaban J connectivity index is 1.07. The highest BCUT2D eigenvalue weighted by molar-refractivity contribution is 5.97. The second-order valence-corrected chi connectivity index (χ2v) is 11.3. The van der Waals surface area contributed by atoms with Crippen LogP contribution in [0.3, 0.4) is 0 Å². The number of pyridine rings is 1. The van der Waals surface area contributed by atoms with E-state index in [1.165, 1.54) is 24.7 Å². The number of carbonyl (C=O) groups is 2. The Morgan fingerprint density at radius 1 is 1.07 bits per heavy atom. The van der Waals surface area contributed by atoms with E-state index in [0.29, 0.717) is 36.5 Å². The predicted octanol–water partition coefficient (Wildman–Crippen LogP) is 3.89. The Kier molecular flexibility index (Phi) is 6.06. The van der Waals surface area contributed by atoms with Crippen LogP contribution >= 0.6 is 0 Å². The van der Waals surface area contributed by atoms with Crippen molar-refractivity contribution >= 4 is 34.9 Å². The number of hydrogen-bond acceptors (Lipinski definition) is 8. The first-order valence-electron chi connectivity index (χ1n) is 14.1. The zero-order valence-corrected chi connectivity index (χ0v) is 23.3. The maximum absolute atomic E-state index is 12.9. The fourth-order valence-corrected chi connectivity index (χ4v) is 5.48. The summed E-state index contributed by atoms with van der Waals surface area (Å²) in [6.07, 6.45) is 10.4. The van der Waals surface area contributed by atoms with Crippen molar-refractivity contribution < 1.29 is 9.59 Å². The van der Waals surface area contributed by atoms with Gasteiger partial charge in [-0.15, -0.1) is 0 Å². The molecule has 0 spiro atoms. The van der Waals surface area contributed by atoms with Crippen LogP contribution in [0.5, 0.6) is 0 Å². The first-order chi connectivity index (χ1) is 19.8. The summed E-state index contributed by atoms with van der Waals surface area (Å²) in [7, 11) is 1.83. The monoisotopic (exact) mass is 552 g/mol. The van der Waals surface area contributed by atoms with Crippen molar-refractivity contribution in [1.29, 1.82) is 0 Å². The molecule has 12 nitrogen and oxygen atoms in total. The van der Waals surface area contributed by atoms with E-state index in [2.05, 4.69) is 42.8 Å². The van der Waals surface area contributed by atoms with Gasteiger partial charge in [-0.2, -0.15) is 0 Å². The number of imidazole rings is 1. The third-order valence-corrected chi connectivity index (χ3v) is 8.13. The molecule has 0 aromatic carbocycles.